The first-order chi connectivity index (χ1) is 12.1. The van der Waals surface area contributed by atoms with Crippen molar-refractivity contribution in [3.8, 4) is 0 Å². The van der Waals surface area contributed by atoms with Gasteiger partial charge in [0, 0.05) is 5.92 Å². The fourth-order valence-corrected chi connectivity index (χ4v) is 3.69. The summed E-state index contributed by atoms with van der Waals surface area (Å²) < 4.78 is 1.40. The highest BCUT2D eigenvalue weighted by atomic mass is 32.1. The molecular weight excluding hydrogens is 338 g/mol. The maximum atomic E-state index is 12.3. The molecule has 0 bridgehead atoms. The standard InChI is InChI=1S/C17H19N5O2S/c1-3-11(4-2)16-20-21-17(25-16)19-14(23)10-22-13-8-6-5-7-12(13)18-9-15(22)24/h5-9,11H,3-4,10H2,1-2H3,(H,19,21,23). The number of aromatic nitrogens is 4. The summed E-state index contributed by atoms with van der Waals surface area (Å²) in [6, 6.07) is 7.22. The first-order valence-electron chi connectivity index (χ1n) is 8.20. The van der Waals surface area contributed by atoms with E-state index in [1.165, 1.54) is 22.1 Å². The number of fused-ring (bicyclic) bond motifs is 1. The summed E-state index contributed by atoms with van der Waals surface area (Å²) in [4.78, 5) is 28.5. The molecule has 0 spiro atoms. The van der Waals surface area contributed by atoms with Crippen LogP contribution in [0, 0.1) is 0 Å². The Kier molecular flexibility index (Phi) is 5.18. The second kappa shape index (κ2) is 7.52. The lowest BCUT2D eigenvalue weighted by atomic mass is 10.1. The van der Waals surface area contributed by atoms with Gasteiger partial charge in [0.2, 0.25) is 11.0 Å². The van der Waals surface area contributed by atoms with E-state index in [0.29, 0.717) is 22.1 Å². The van der Waals surface area contributed by atoms with E-state index >= 15 is 0 Å². The van der Waals surface area contributed by atoms with E-state index in [-0.39, 0.29) is 18.0 Å². The third kappa shape index (κ3) is 3.74. The first kappa shape index (κ1) is 17.2. The van der Waals surface area contributed by atoms with E-state index in [1.807, 2.05) is 12.1 Å². The molecule has 130 valence electrons. The number of anilines is 1. The molecule has 2 aromatic heterocycles. The van der Waals surface area contributed by atoms with Gasteiger partial charge in [-0.1, -0.05) is 37.3 Å². The van der Waals surface area contributed by atoms with Crippen molar-refractivity contribution < 1.29 is 4.79 Å². The van der Waals surface area contributed by atoms with Gasteiger partial charge in [0.25, 0.3) is 5.56 Å². The van der Waals surface area contributed by atoms with E-state index in [4.69, 9.17) is 0 Å². The molecule has 0 saturated heterocycles. The summed E-state index contributed by atoms with van der Waals surface area (Å²) in [5.74, 6) is 0.0422. The maximum absolute atomic E-state index is 12.3. The van der Waals surface area contributed by atoms with E-state index in [0.717, 1.165) is 17.8 Å². The Bertz CT molecular complexity index is 945. The molecule has 7 nitrogen and oxygen atoms in total. The van der Waals surface area contributed by atoms with Gasteiger partial charge in [-0.3, -0.25) is 19.5 Å². The van der Waals surface area contributed by atoms with Crippen LogP contribution in [0.3, 0.4) is 0 Å². The molecule has 0 radical (unpaired) electrons. The Balaban J connectivity index is 1.78. The van der Waals surface area contributed by atoms with Crippen LogP contribution in [0.5, 0.6) is 0 Å². The van der Waals surface area contributed by atoms with Gasteiger partial charge in [-0.25, -0.2) is 4.98 Å². The summed E-state index contributed by atoms with van der Waals surface area (Å²) in [5.41, 5.74) is 0.978. The summed E-state index contributed by atoms with van der Waals surface area (Å²) in [6.45, 7) is 4.12. The molecule has 1 aromatic carbocycles. The van der Waals surface area contributed by atoms with Crippen molar-refractivity contribution in [2.45, 2.75) is 39.2 Å². The van der Waals surface area contributed by atoms with Gasteiger partial charge in [-0.05, 0) is 25.0 Å². The van der Waals surface area contributed by atoms with Crippen LogP contribution < -0.4 is 10.9 Å². The van der Waals surface area contributed by atoms with E-state index < -0.39 is 0 Å². The minimum Gasteiger partial charge on any atom is -0.299 e. The molecule has 0 atom stereocenters. The normalized spacial score (nSPS) is 11.2. The second-order valence-electron chi connectivity index (χ2n) is 5.68. The number of nitrogens with zero attached hydrogens (tertiary/aromatic N) is 4. The van der Waals surface area contributed by atoms with Crippen LogP contribution >= 0.6 is 11.3 Å². The maximum Gasteiger partial charge on any atom is 0.269 e. The Morgan fingerprint density at radius 1 is 1.24 bits per heavy atom. The monoisotopic (exact) mass is 357 g/mol. The van der Waals surface area contributed by atoms with Crippen molar-refractivity contribution in [2.75, 3.05) is 5.32 Å². The van der Waals surface area contributed by atoms with Crippen molar-refractivity contribution in [3.63, 3.8) is 0 Å². The topological polar surface area (TPSA) is 89.8 Å². The quantitative estimate of drug-likeness (QED) is 0.733. The fourth-order valence-electron chi connectivity index (χ4n) is 2.67. The van der Waals surface area contributed by atoms with Gasteiger partial charge < -0.3 is 0 Å². The lowest BCUT2D eigenvalue weighted by molar-refractivity contribution is -0.116. The third-order valence-corrected chi connectivity index (χ3v) is 5.08. The van der Waals surface area contributed by atoms with Crippen molar-refractivity contribution in [3.05, 3.63) is 45.8 Å². The van der Waals surface area contributed by atoms with Crippen LogP contribution in [0.15, 0.2) is 35.3 Å². The summed E-state index contributed by atoms with van der Waals surface area (Å²) in [7, 11) is 0. The molecule has 0 aliphatic rings. The lowest BCUT2D eigenvalue weighted by Crippen LogP contribution is -2.27. The summed E-state index contributed by atoms with van der Waals surface area (Å²) in [6.07, 6.45) is 3.20. The number of benzene rings is 1. The van der Waals surface area contributed by atoms with Crippen molar-refractivity contribution in [1.82, 2.24) is 19.7 Å². The van der Waals surface area contributed by atoms with Crippen molar-refractivity contribution in [1.29, 1.82) is 0 Å². The SMILES string of the molecule is CCC(CC)c1nnc(NC(=O)Cn2c(=O)cnc3ccccc32)s1. The largest absolute Gasteiger partial charge is 0.299 e. The Morgan fingerprint density at radius 3 is 2.76 bits per heavy atom. The average Bonchev–Trinajstić information content (AvgIpc) is 3.07. The highest BCUT2D eigenvalue weighted by Crippen LogP contribution is 2.28. The Hall–Kier alpha value is -2.61. The molecule has 0 aliphatic heterocycles. The lowest BCUT2D eigenvalue weighted by Gasteiger charge is -2.08. The predicted octanol–water partition coefficient (Wildman–Crippen LogP) is 2.79. The van der Waals surface area contributed by atoms with Crippen LogP contribution in [0.25, 0.3) is 11.0 Å². The van der Waals surface area contributed by atoms with E-state index in [1.54, 1.807) is 12.1 Å². The van der Waals surface area contributed by atoms with Crippen LogP contribution in [0.2, 0.25) is 0 Å². The number of nitrogens with one attached hydrogen (secondary N) is 1. The van der Waals surface area contributed by atoms with Crippen molar-refractivity contribution in [2.24, 2.45) is 0 Å². The van der Waals surface area contributed by atoms with Gasteiger partial charge in [0.15, 0.2) is 0 Å². The number of carbonyl (C=O) groups excluding carboxylic acids is 1. The van der Waals surface area contributed by atoms with Gasteiger partial charge in [-0.15, -0.1) is 10.2 Å². The van der Waals surface area contributed by atoms with Gasteiger partial charge >= 0.3 is 0 Å². The molecule has 0 saturated carbocycles. The molecule has 2 heterocycles. The van der Waals surface area contributed by atoms with Gasteiger partial charge in [-0.2, -0.15) is 0 Å². The Morgan fingerprint density at radius 2 is 2.00 bits per heavy atom. The van der Waals surface area contributed by atoms with Gasteiger partial charge in [0.05, 0.1) is 17.2 Å². The van der Waals surface area contributed by atoms with E-state index in [2.05, 4.69) is 34.3 Å². The first-order valence-corrected chi connectivity index (χ1v) is 9.01. The molecular formula is C17H19N5O2S. The van der Waals surface area contributed by atoms with E-state index in [9.17, 15) is 9.59 Å². The van der Waals surface area contributed by atoms with Crippen LogP contribution in [-0.2, 0) is 11.3 Å². The number of hydrogen-bond donors (Lipinski definition) is 1. The molecule has 3 rings (SSSR count). The molecule has 1 amide bonds. The molecule has 3 aromatic rings. The third-order valence-electron chi connectivity index (χ3n) is 4.08. The highest BCUT2D eigenvalue weighted by molar-refractivity contribution is 7.15. The number of carbonyl (C=O) groups is 1. The highest BCUT2D eigenvalue weighted by Gasteiger charge is 2.15. The Labute approximate surface area is 148 Å². The molecule has 1 N–H and O–H groups in total. The molecule has 0 aliphatic carbocycles. The number of rotatable bonds is 6. The zero-order valence-corrected chi connectivity index (χ0v) is 14.9. The predicted molar refractivity (Wildman–Crippen MR) is 97.9 cm³/mol. The van der Waals surface area contributed by atoms with Crippen LogP contribution in [0.4, 0.5) is 5.13 Å². The second-order valence-corrected chi connectivity index (χ2v) is 6.69. The zero-order valence-electron chi connectivity index (χ0n) is 14.1. The molecule has 25 heavy (non-hydrogen) atoms. The van der Waals surface area contributed by atoms with Crippen LogP contribution in [-0.4, -0.2) is 25.7 Å². The number of hydrogen-bond acceptors (Lipinski definition) is 6. The number of amides is 1. The summed E-state index contributed by atoms with van der Waals surface area (Å²) >= 11 is 1.38. The fraction of sp³-hybridized carbons (Fsp3) is 0.353. The van der Waals surface area contributed by atoms with Crippen molar-refractivity contribution >= 4 is 33.4 Å². The summed E-state index contributed by atoms with van der Waals surface area (Å²) in [5, 5.41) is 12.3. The molecule has 0 unspecified atom stereocenters. The minimum absolute atomic E-state index is 0.0955. The number of para-hydroxylation sites is 2. The van der Waals surface area contributed by atoms with Gasteiger partial charge in [0.1, 0.15) is 11.6 Å². The minimum atomic E-state index is -0.316. The average molecular weight is 357 g/mol. The zero-order chi connectivity index (χ0) is 17.8. The molecule has 0 fully saturated rings. The molecule has 8 heteroatoms. The van der Waals surface area contributed by atoms with Crippen LogP contribution in [0.1, 0.15) is 37.6 Å². The smallest absolute Gasteiger partial charge is 0.269 e.